The van der Waals surface area contributed by atoms with Gasteiger partial charge in [0.1, 0.15) is 0 Å². The molecule has 3 unspecified atom stereocenters. The molecule has 0 saturated heterocycles. The summed E-state index contributed by atoms with van der Waals surface area (Å²) in [4.78, 5) is 12.1. The minimum atomic E-state index is -0.488. The number of aliphatic hydroxyl groups excluding tert-OH is 1. The second-order valence-corrected chi connectivity index (χ2v) is 6.14. The van der Waals surface area contributed by atoms with Crippen molar-refractivity contribution >= 4 is 5.91 Å². The van der Waals surface area contributed by atoms with E-state index in [1.165, 1.54) is 25.7 Å². The largest absolute Gasteiger partial charge is 0.388 e. The highest BCUT2D eigenvalue weighted by atomic mass is 16.3. The first-order chi connectivity index (χ1) is 9.77. The van der Waals surface area contributed by atoms with Gasteiger partial charge >= 0.3 is 0 Å². The number of nitrogens with one attached hydrogen (secondary N) is 1. The van der Waals surface area contributed by atoms with E-state index in [2.05, 4.69) is 5.32 Å². The number of amides is 1. The average molecular weight is 273 g/mol. The average Bonchev–Trinajstić information content (AvgIpc) is 3.22. The molecule has 2 fully saturated rings. The van der Waals surface area contributed by atoms with Crippen LogP contribution in [0.2, 0.25) is 0 Å². The lowest BCUT2D eigenvalue weighted by Crippen LogP contribution is -2.28. The molecule has 3 rings (SSSR count). The minimum absolute atomic E-state index is 0.210. The summed E-state index contributed by atoms with van der Waals surface area (Å²) in [5.74, 6) is 1.79. The quantitative estimate of drug-likeness (QED) is 0.866. The highest BCUT2D eigenvalue weighted by molar-refractivity contribution is 5.82. The predicted octanol–water partition coefficient (Wildman–Crippen LogP) is 2.66. The maximum absolute atomic E-state index is 12.1. The lowest BCUT2D eigenvalue weighted by atomic mass is 10.0. The van der Waals surface area contributed by atoms with Gasteiger partial charge in [-0.2, -0.15) is 0 Å². The molecule has 2 aliphatic carbocycles. The Morgan fingerprint density at radius 3 is 2.50 bits per heavy atom. The molecule has 0 spiro atoms. The third kappa shape index (κ3) is 2.88. The Bertz CT molecular complexity index is 447. The Hall–Kier alpha value is -1.35. The summed E-state index contributed by atoms with van der Waals surface area (Å²) in [6.45, 7) is 0.560. The fourth-order valence-electron chi connectivity index (χ4n) is 3.67. The van der Waals surface area contributed by atoms with Gasteiger partial charge in [0.15, 0.2) is 0 Å². The van der Waals surface area contributed by atoms with Crippen LogP contribution in [0, 0.1) is 17.8 Å². The first kappa shape index (κ1) is 13.6. The number of carbonyl (C=O) groups is 1. The summed E-state index contributed by atoms with van der Waals surface area (Å²) in [6.07, 6.45) is 5.13. The molecule has 0 bridgehead atoms. The van der Waals surface area contributed by atoms with Crippen molar-refractivity contribution in [3.8, 4) is 0 Å². The zero-order chi connectivity index (χ0) is 13.9. The van der Waals surface area contributed by atoms with Gasteiger partial charge in [0, 0.05) is 12.5 Å². The van der Waals surface area contributed by atoms with Gasteiger partial charge in [0.25, 0.3) is 0 Å². The lowest BCUT2D eigenvalue weighted by Gasteiger charge is -2.11. The third-order valence-electron chi connectivity index (χ3n) is 4.86. The Labute approximate surface area is 120 Å². The normalized spacial score (nSPS) is 29.4. The third-order valence-corrected chi connectivity index (χ3v) is 4.86. The number of rotatable bonds is 5. The van der Waals surface area contributed by atoms with Crippen LogP contribution in [-0.4, -0.2) is 17.6 Å². The summed E-state index contributed by atoms with van der Waals surface area (Å²) in [7, 11) is 0. The molecule has 3 heteroatoms. The van der Waals surface area contributed by atoms with Crippen LogP contribution in [-0.2, 0) is 4.79 Å². The highest BCUT2D eigenvalue weighted by Gasteiger charge is 2.54. The predicted molar refractivity (Wildman–Crippen MR) is 78.0 cm³/mol. The molecular formula is C17H23NO2. The molecule has 3 atom stereocenters. The number of benzene rings is 1. The van der Waals surface area contributed by atoms with E-state index < -0.39 is 6.10 Å². The summed E-state index contributed by atoms with van der Waals surface area (Å²) in [6, 6.07) is 9.62. The zero-order valence-corrected chi connectivity index (χ0v) is 11.8. The molecule has 0 aliphatic heterocycles. The molecule has 3 nitrogen and oxygen atoms in total. The second-order valence-electron chi connectivity index (χ2n) is 6.14. The van der Waals surface area contributed by atoms with Gasteiger partial charge < -0.3 is 10.4 Å². The minimum Gasteiger partial charge on any atom is -0.388 e. The Morgan fingerprint density at radius 1 is 1.20 bits per heavy atom. The lowest BCUT2D eigenvalue weighted by molar-refractivity contribution is -0.122. The van der Waals surface area contributed by atoms with E-state index in [0.29, 0.717) is 24.8 Å². The molecule has 0 radical (unpaired) electrons. The molecule has 1 aromatic rings. The second kappa shape index (κ2) is 5.96. The van der Waals surface area contributed by atoms with Crippen molar-refractivity contribution in [3.63, 3.8) is 0 Å². The fourth-order valence-corrected chi connectivity index (χ4v) is 3.67. The maximum atomic E-state index is 12.1. The molecule has 108 valence electrons. The van der Waals surface area contributed by atoms with Crippen LogP contribution in [0.1, 0.15) is 43.8 Å². The van der Waals surface area contributed by atoms with Crippen LogP contribution in [0.4, 0.5) is 0 Å². The topological polar surface area (TPSA) is 49.3 Å². The molecule has 1 amide bonds. The number of fused-ring (bicyclic) bond motifs is 1. The van der Waals surface area contributed by atoms with Crippen LogP contribution in [0.15, 0.2) is 30.3 Å². The van der Waals surface area contributed by atoms with Gasteiger partial charge in [-0.25, -0.2) is 0 Å². The highest BCUT2D eigenvalue weighted by Crippen LogP contribution is 2.55. The number of aliphatic hydroxyl groups is 1. The van der Waals surface area contributed by atoms with Crippen molar-refractivity contribution in [1.82, 2.24) is 5.32 Å². The summed E-state index contributed by atoms with van der Waals surface area (Å²) in [5, 5.41) is 13.0. The van der Waals surface area contributed by atoms with E-state index in [9.17, 15) is 9.90 Å². The number of hydrogen-bond acceptors (Lipinski definition) is 2. The fraction of sp³-hybridized carbons (Fsp3) is 0.588. The first-order valence-corrected chi connectivity index (χ1v) is 7.78. The van der Waals surface area contributed by atoms with Crippen molar-refractivity contribution in [1.29, 1.82) is 0 Å². The van der Waals surface area contributed by atoms with E-state index in [1.54, 1.807) is 0 Å². The molecule has 2 aliphatic rings. The van der Waals surface area contributed by atoms with Crippen molar-refractivity contribution < 1.29 is 9.90 Å². The van der Waals surface area contributed by atoms with Gasteiger partial charge in [0.05, 0.1) is 6.10 Å². The van der Waals surface area contributed by atoms with Gasteiger partial charge in [-0.05, 0) is 36.7 Å². The van der Waals surface area contributed by atoms with Crippen molar-refractivity contribution in [3.05, 3.63) is 35.9 Å². The van der Waals surface area contributed by atoms with Crippen molar-refractivity contribution in [2.45, 2.75) is 38.2 Å². The van der Waals surface area contributed by atoms with Crippen LogP contribution in [0.3, 0.4) is 0 Å². The van der Waals surface area contributed by atoms with Gasteiger partial charge in [0.2, 0.25) is 5.91 Å². The molecule has 20 heavy (non-hydrogen) atoms. The van der Waals surface area contributed by atoms with Crippen molar-refractivity contribution in [2.75, 3.05) is 6.54 Å². The zero-order valence-electron chi connectivity index (χ0n) is 11.8. The molecule has 2 N–H and O–H groups in total. The SMILES string of the molecule is O=C(NCCC(O)c1ccccc1)C1C2CCCCC21. The molecule has 0 aromatic heterocycles. The van der Waals surface area contributed by atoms with Crippen molar-refractivity contribution in [2.24, 2.45) is 17.8 Å². The van der Waals surface area contributed by atoms with E-state index in [-0.39, 0.29) is 11.8 Å². The summed E-state index contributed by atoms with van der Waals surface area (Å²) in [5.41, 5.74) is 0.918. The Kier molecular flexibility index (Phi) is 4.06. The summed E-state index contributed by atoms with van der Waals surface area (Å²) >= 11 is 0. The number of hydrogen-bond donors (Lipinski definition) is 2. The van der Waals surface area contributed by atoms with Gasteiger partial charge in [-0.15, -0.1) is 0 Å². The van der Waals surface area contributed by atoms with Gasteiger partial charge in [-0.3, -0.25) is 4.79 Å². The van der Waals surface area contributed by atoms with Crippen LogP contribution < -0.4 is 5.32 Å². The maximum Gasteiger partial charge on any atom is 0.223 e. The van der Waals surface area contributed by atoms with Gasteiger partial charge in [-0.1, -0.05) is 43.2 Å². The Morgan fingerprint density at radius 2 is 1.85 bits per heavy atom. The molecular weight excluding hydrogens is 250 g/mol. The number of carbonyl (C=O) groups excluding carboxylic acids is 1. The van der Waals surface area contributed by atoms with Crippen LogP contribution >= 0.6 is 0 Å². The van der Waals surface area contributed by atoms with Crippen LogP contribution in [0.5, 0.6) is 0 Å². The summed E-state index contributed by atoms with van der Waals surface area (Å²) < 4.78 is 0. The standard InChI is InChI=1S/C17H23NO2/c19-15(12-6-2-1-3-7-12)10-11-18-17(20)16-13-8-4-5-9-14(13)16/h1-3,6-7,13-16,19H,4-5,8-11H2,(H,18,20). The smallest absolute Gasteiger partial charge is 0.223 e. The molecule has 2 saturated carbocycles. The Balaban J connectivity index is 1.41. The monoisotopic (exact) mass is 273 g/mol. The van der Waals surface area contributed by atoms with Crippen LogP contribution in [0.25, 0.3) is 0 Å². The first-order valence-electron chi connectivity index (χ1n) is 7.78. The van der Waals surface area contributed by atoms with E-state index in [4.69, 9.17) is 0 Å². The van der Waals surface area contributed by atoms with E-state index >= 15 is 0 Å². The molecule has 0 heterocycles. The van der Waals surface area contributed by atoms with E-state index in [0.717, 1.165) is 5.56 Å². The molecule has 1 aromatic carbocycles. The van der Waals surface area contributed by atoms with E-state index in [1.807, 2.05) is 30.3 Å².